The summed E-state index contributed by atoms with van der Waals surface area (Å²) in [6, 6.07) is 0. The maximum Gasteiger partial charge on any atom is 0.225 e. The predicted molar refractivity (Wildman–Crippen MR) is 55.7 cm³/mol. The van der Waals surface area contributed by atoms with E-state index in [1.165, 1.54) is 0 Å². The highest BCUT2D eigenvalue weighted by atomic mass is 16.2. The highest BCUT2D eigenvalue weighted by Gasteiger charge is 2.26. The van der Waals surface area contributed by atoms with Gasteiger partial charge in [0.25, 0.3) is 0 Å². The first-order valence-corrected chi connectivity index (χ1v) is 5.69. The van der Waals surface area contributed by atoms with Gasteiger partial charge in [-0.2, -0.15) is 0 Å². The zero-order chi connectivity index (χ0) is 9.80. The summed E-state index contributed by atoms with van der Waals surface area (Å²) < 4.78 is 0. The summed E-state index contributed by atoms with van der Waals surface area (Å²) in [5.74, 6) is 0.720. The second-order valence-electron chi connectivity index (χ2n) is 4.22. The number of nitrogens with zero attached hydrogens (tertiary/aromatic N) is 1. The Morgan fingerprint density at radius 1 is 1.21 bits per heavy atom. The van der Waals surface area contributed by atoms with E-state index in [9.17, 15) is 4.79 Å². The van der Waals surface area contributed by atoms with Gasteiger partial charge < -0.3 is 10.2 Å². The Morgan fingerprint density at radius 2 is 1.86 bits per heavy atom. The van der Waals surface area contributed by atoms with Gasteiger partial charge in [-0.3, -0.25) is 4.79 Å². The van der Waals surface area contributed by atoms with Gasteiger partial charge in [0, 0.05) is 32.1 Å². The molecule has 2 fully saturated rings. The lowest BCUT2D eigenvalue weighted by Gasteiger charge is -2.32. The number of carbonyl (C=O) groups is 1. The lowest BCUT2D eigenvalue weighted by Crippen LogP contribution is -2.48. The van der Waals surface area contributed by atoms with Crippen LogP contribution in [0.15, 0.2) is 0 Å². The van der Waals surface area contributed by atoms with Crippen LogP contribution in [0.25, 0.3) is 0 Å². The van der Waals surface area contributed by atoms with Gasteiger partial charge in [0.05, 0.1) is 0 Å². The van der Waals surface area contributed by atoms with Crippen molar-refractivity contribution in [2.75, 3.05) is 26.2 Å². The third-order valence-corrected chi connectivity index (χ3v) is 3.22. The molecule has 0 bridgehead atoms. The molecule has 0 atom stereocenters. The van der Waals surface area contributed by atoms with Crippen LogP contribution in [0.2, 0.25) is 0 Å². The van der Waals surface area contributed by atoms with Crippen LogP contribution in [0.5, 0.6) is 0 Å². The molecule has 2 aliphatic rings. The molecule has 79 valence electrons. The molecular weight excluding hydrogens is 176 g/mol. The molecule has 2 rings (SSSR count). The molecule has 0 unspecified atom stereocenters. The topological polar surface area (TPSA) is 32.3 Å². The van der Waals surface area contributed by atoms with Crippen molar-refractivity contribution in [2.45, 2.75) is 25.7 Å². The number of carbonyl (C=O) groups excluding carboxylic acids is 1. The highest BCUT2D eigenvalue weighted by Crippen LogP contribution is 2.24. The first-order valence-electron chi connectivity index (χ1n) is 5.69. The van der Waals surface area contributed by atoms with E-state index >= 15 is 0 Å². The molecule has 1 N–H and O–H groups in total. The Hall–Kier alpha value is -0.570. The Bertz CT molecular complexity index is 173. The van der Waals surface area contributed by atoms with E-state index in [0.29, 0.717) is 11.8 Å². The summed E-state index contributed by atoms with van der Waals surface area (Å²) >= 11 is 0. The Morgan fingerprint density at radius 3 is 2.50 bits per heavy atom. The van der Waals surface area contributed by atoms with E-state index in [2.05, 4.69) is 11.7 Å². The van der Waals surface area contributed by atoms with E-state index < -0.39 is 0 Å². The molecule has 14 heavy (non-hydrogen) atoms. The molecule has 0 aromatic heterocycles. The first-order chi connectivity index (χ1) is 6.88. The summed E-state index contributed by atoms with van der Waals surface area (Å²) in [4.78, 5) is 14.1. The summed E-state index contributed by atoms with van der Waals surface area (Å²) in [6.45, 7) is 3.73. The van der Waals surface area contributed by atoms with Crippen LogP contribution in [0.3, 0.4) is 0 Å². The van der Waals surface area contributed by atoms with Gasteiger partial charge in [-0.1, -0.05) is 0 Å². The third kappa shape index (κ3) is 2.27. The maximum absolute atomic E-state index is 12.0. The van der Waals surface area contributed by atoms with E-state index in [4.69, 9.17) is 0 Å². The zero-order valence-electron chi connectivity index (χ0n) is 8.67. The van der Waals surface area contributed by atoms with E-state index in [1.54, 1.807) is 0 Å². The van der Waals surface area contributed by atoms with Crippen molar-refractivity contribution >= 4 is 5.91 Å². The summed E-state index contributed by atoms with van der Waals surface area (Å²) in [7, 11) is 0. The summed E-state index contributed by atoms with van der Waals surface area (Å²) in [5, 5.41) is 3.27. The second kappa shape index (κ2) is 4.78. The Balaban J connectivity index is 1.85. The van der Waals surface area contributed by atoms with Crippen LogP contribution < -0.4 is 5.32 Å². The quantitative estimate of drug-likeness (QED) is 0.671. The molecular formula is C11H19N2O. The minimum Gasteiger partial charge on any atom is -0.340 e. The standard InChI is InChI=1S/C11H19N2O/c14-11(10-4-2-1-3-5-10)13-8-6-12-7-9-13/h1,10,12H,2-9H2. The fourth-order valence-corrected chi connectivity index (χ4v) is 2.32. The van der Waals surface area contributed by atoms with Crippen molar-refractivity contribution in [3.05, 3.63) is 6.42 Å². The molecule has 1 amide bonds. The lowest BCUT2D eigenvalue weighted by molar-refractivity contribution is -0.136. The SMILES string of the molecule is O=C(C1CC[CH]CC1)N1CCNCC1. The first kappa shape index (κ1) is 9.97. The summed E-state index contributed by atoms with van der Waals surface area (Å²) in [6.07, 6.45) is 6.71. The fraction of sp³-hybridized carbons (Fsp3) is 0.818. The zero-order valence-corrected chi connectivity index (χ0v) is 8.67. The second-order valence-corrected chi connectivity index (χ2v) is 4.22. The minimum absolute atomic E-state index is 0.318. The van der Waals surface area contributed by atoms with Crippen molar-refractivity contribution in [1.82, 2.24) is 10.2 Å². The van der Waals surface area contributed by atoms with E-state index in [1.807, 2.05) is 4.90 Å². The van der Waals surface area contributed by atoms with Crippen LogP contribution in [-0.4, -0.2) is 37.0 Å². The summed E-state index contributed by atoms with van der Waals surface area (Å²) in [5.41, 5.74) is 0. The molecule has 1 aliphatic heterocycles. The largest absolute Gasteiger partial charge is 0.340 e. The number of hydrogen-bond acceptors (Lipinski definition) is 2. The van der Waals surface area contributed by atoms with Gasteiger partial charge in [-0.05, 0) is 32.1 Å². The van der Waals surface area contributed by atoms with Gasteiger partial charge >= 0.3 is 0 Å². The molecule has 1 radical (unpaired) electrons. The number of piperazine rings is 1. The van der Waals surface area contributed by atoms with Crippen molar-refractivity contribution in [3.63, 3.8) is 0 Å². The average Bonchev–Trinajstić information content (AvgIpc) is 2.30. The van der Waals surface area contributed by atoms with E-state index in [0.717, 1.165) is 51.9 Å². The third-order valence-electron chi connectivity index (χ3n) is 3.22. The molecule has 1 aliphatic carbocycles. The van der Waals surface area contributed by atoms with Gasteiger partial charge in [0.1, 0.15) is 0 Å². The van der Waals surface area contributed by atoms with Crippen LogP contribution in [0.1, 0.15) is 25.7 Å². The molecule has 1 saturated heterocycles. The van der Waals surface area contributed by atoms with Crippen molar-refractivity contribution in [2.24, 2.45) is 5.92 Å². The minimum atomic E-state index is 0.318. The van der Waals surface area contributed by atoms with Crippen LogP contribution in [0.4, 0.5) is 0 Å². The number of amides is 1. The van der Waals surface area contributed by atoms with Crippen LogP contribution >= 0.6 is 0 Å². The van der Waals surface area contributed by atoms with Crippen LogP contribution in [0, 0.1) is 12.3 Å². The number of nitrogens with one attached hydrogen (secondary N) is 1. The Kier molecular flexibility index (Phi) is 3.40. The number of rotatable bonds is 1. The molecule has 0 aromatic carbocycles. The molecule has 3 nitrogen and oxygen atoms in total. The Labute approximate surface area is 85.8 Å². The lowest BCUT2D eigenvalue weighted by atomic mass is 9.88. The van der Waals surface area contributed by atoms with E-state index in [-0.39, 0.29) is 0 Å². The average molecular weight is 195 g/mol. The number of hydrogen-bond donors (Lipinski definition) is 1. The van der Waals surface area contributed by atoms with Crippen molar-refractivity contribution in [3.8, 4) is 0 Å². The van der Waals surface area contributed by atoms with Crippen molar-refractivity contribution in [1.29, 1.82) is 0 Å². The van der Waals surface area contributed by atoms with Gasteiger partial charge in [0.2, 0.25) is 5.91 Å². The molecule has 0 spiro atoms. The van der Waals surface area contributed by atoms with Crippen molar-refractivity contribution < 1.29 is 4.79 Å². The normalized spacial score (nSPS) is 25.0. The smallest absolute Gasteiger partial charge is 0.225 e. The maximum atomic E-state index is 12.0. The molecule has 1 saturated carbocycles. The van der Waals surface area contributed by atoms with Gasteiger partial charge in [0.15, 0.2) is 0 Å². The van der Waals surface area contributed by atoms with Crippen LogP contribution in [-0.2, 0) is 4.79 Å². The highest BCUT2D eigenvalue weighted by molar-refractivity contribution is 5.79. The van der Waals surface area contributed by atoms with Gasteiger partial charge in [-0.25, -0.2) is 0 Å². The fourth-order valence-electron chi connectivity index (χ4n) is 2.32. The monoisotopic (exact) mass is 195 g/mol. The van der Waals surface area contributed by atoms with Gasteiger partial charge in [-0.15, -0.1) is 0 Å². The predicted octanol–water partition coefficient (Wildman–Crippen LogP) is 0.813. The molecule has 3 heteroatoms. The molecule has 1 heterocycles. The molecule has 0 aromatic rings.